The van der Waals surface area contributed by atoms with E-state index in [1.807, 2.05) is 6.07 Å². The van der Waals surface area contributed by atoms with Crippen molar-refractivity contribution in [2.24, 2.45) is 5.92 Å². The molecule has 0 amide bonds. The molecular weight excluding hydrogens is 230 g/mol. The number of rotatable bonds is 5. The molecule has 1 aliphatic carbocycles. The van der Waals surface area contributed by atoms with Gasteiger partial charge in [-0.2, -0.15) is 5.26 Å². The fraction of sp³-hybridized carbons (Fsp3) is 0.462. The van der Waals surface area contributed by atoms with Gasteiger partial charge in [-0.3, -0.25) is 10.1 Å². The summed E-state index contributed by atoms with van der Waals surface area (Å²) in [6.07, 6.45) is 4.91. The molecule has 0 aromatic heterocycles. The molecule has 1 aromatic carbocycles. The van der Waals surface area contributed by atoms with Gasteiger partial charge in [-0.15, -0.1) is 0 Å². The van der Waals surface area contributed by atoms with Crippen molar-refractivity contribution in [1.29, 1.82) is 5.26 Å². The number of nitriles is 1. The number of hydrogen-bond donors (Lipinski definition) is 1. The lowest BCUT2D eigenvalue weighted by Crippen LogP contribution is -2.16. The topological polar surface area (TPSA) is 79.0 Å². The Labute approximate surface area is 106 Å². The molecule has 1 N–H and O–H groups in total. The van der Waals surface area contributed by atoms with Gasteiger partial charge in [-0.05, 0) is 24.5 Å². The van der Waals surface area contributed by atoms with E-state index in [0.29, 0.717) is 11.3 Å². The summed E-state index contributed by atoms with van der Waals surface area (Å²) in [7, 11) is 0. The van der Waals surface area contributed by atoms with E-state index in [9.17, 15) is 10.1 Å². The van der Waals surface area contributed by atoms with E-state index in [1.165, 1.54) is 25.3 Å². The molecule has 0 bridgehead atoms. The highest BCUT2D eigenvalue weighted by Gasteiger charge is 2.18. The van der Waals surface area contributed by atoms with Crippen LogP contribution in [-0.4, -0.2) is 11.5 Å². The minimum atomic E-state index is -0.452. The Kier molecular flexibility index (Phi) is 3.78. The minimum Gasteiger partial charge on any atom is -0.379 e. The van der Waals surface area contributed by atoms with Crippen LogP contribution in [0.1, 0.15) is 31.2 Å². The summed E-state index contributed by atoms with van der Waals surface area (Å²) in [4.78, 5) is 10.5. The molecule has 0 heterocycles. The minimum absolute atomic E-state index is 0.0253. The number of nitro benzene ring substituents is 1. The highest BCUT2D eigenvalue weighted by Crippen LogP contribution is 2.30. The SMILES string of the molecule is N#Cc1ccc(NCCC2CCC2)c([N+](=O)[O-])c1. The van der Waals surface area contributed by atoms with Gasteiger partial charge in [-0.1, -0.05) is 19.3 Å². The Morgan fingerprint density at radius 2 is 2.28 bits per heavy atom. The highest BCUT2D eigenvalue weighted by atomic mass is 16.6. The Hall–Kier alpha value is -2.09. The third kappa shape index (κ3) is 2.77. The summed E-state index contributed by atoms with van der Waals surface area (Å²) in [6, 6.07) is 6.43. The molecule has 5 heteroatoms. The van der Waals surface area contributed by atoms with Crippen molar-refractivity contribution < 1.29 is 4.92 Å². The zero-order valence-corrected chi connectivity index (χ0v) is 10.1. The molecule has 1 aliphatic rings. The van der Waals surface area contributed by atoms with E-state index >= 15 is 0 Å². The molecule has 0 aliphatic heterocycles. The second-order valence-electron chi connectivity index (χ2n) is 4.61. The van der Waals surface area contributed by atoms with E-state index in [4.69, 9.17) is 5.26 Å². The van der Waals surface area contributed by atoms with Crippen molar-refractivity contribution in [3.05, 3.63) is 33.9 Å². The lowest BCUT2D eigenvalue weighted by atomic mass is 9.83. The zero-order chi connectivity index (χ0) is 13.0. The Balaban J connectivity index is 2.01. The molecule has 0 atom stereocenters. The molecule has 0 unspecified atom stereocenters. The van der Waals surface area contributed by atoms with Crippen LogP contribution in [0.15, 0.2) is 18.2 Å². The van der Waals surface area contributed by atoms with Gasteiger partial charge in [0.25, 0.3) is 5.69 Å². The predicted molar refractivity (Wildman–Crippen MR) is 68.3 cm³/mol. The largest absolute Gasteiger partial charge is 0.379 e. The molecular formula is C13H15N3O2. The van der Waals surface area contributed by atoms with E-state index < -0.39 is 4.92 Å². The fourth-order valence-corrected chi connectivity index (χ4v) is 2.09. The van der Waals surface area contributed by atoms with E-state index in [2.05, 4.69) is 5.32 Å². The molecule has 2 rings (SSSR count). The quantitative estimate of drug-likeness (QED) is 0.638. The van der Waals surface area contributed by atoms with Gasteiger partial charge >= 0.3 is 0 Å². The van der Waals surface area contributed by atoms with Crippen LogP contribution in [-0.2, 0) is 0 Å². The van der Waals surface area contributed by atoms with Gasteiger partial charge in [0, 0.05) is 12.6 Å². The first kappa shape index (κ1) is 12.4. The van der Waals surface area contributed by atoms with Crippen molar-refractivity contribution in [3.63, 3.8) is 0 Å². The van der Waals surface area contributed by atoms with Crippen LogP contribution in [0.5, 0.6) is 0 Å². The molecule has 1 fully saturated rings. The number of benzene rings is 1. The summed E-state index contributed by atoms with van der Waals surface area (Å²) in [6.45, 7) is 0.747. The predicted octanol–water partition coefficient (Wildman–Crippen LogP) is 3.07. The van der Waals surface area contributed by atoms with Crippen LogP contribution in [0.3, 0.4) is 0 Å². The van der Waals surface area contributed by atoms with Crippen molar-refractivity contribution in [2.45, 2.75) is 25.7 Å². The molecule has 0 radical (unpaired) electrons. The number of hydrogen-bond acceptors (Lipinski definition) is 4. The standard InChI is InChI=1S/C13H15N3O2/c14-9-11-4-5-12(13(8-11)16(17)18)15-7-6-10-2-1-3-10/h4-5,8,10,15H,1-3,6-7H2. The maximum absolute atomic E-state index is 10.9. The van der Waals surface area contributed by atoms with Crippen molar-refractivity contribution >= 4 is 11.4 Å². The normalized spacial score (nSPS) is 14.6. The maximum atomic E-state index is 10.9. The third-order valence-corrected chi connectivity index (χ3v) is 3.42. The van der Waals surface area contributed by atoms with Crippen LogP contribution in [0, 0.1) is 27.4 Å². The zero-order valence-electron chi connectivity index (χ0n) is 10.1. The Morgan fingerprint density at radius 3 is 2.83 bits per heavy atom. The smallest absolute Gasteiger partial charge is 0.293 e. The van der Waals surface area contributed by atoms with Crippen LogP contribution in [0.4, 0.5) is 11.4 Å². The second-order valence-corrected chi connectivity index (χ2v) is 4.61. The maximum Gasteiger partial charge on any atom is 0.293 e. The lowest BCUT2D eigenvalue weighted by molar-refractivity contribution is -0.384. The van der Waals surface area contributed by atoms with Gasteiger partial charge in [0.15, 0.2) is 0 Å². The summed E-state index contributed by atoms with van der Waals surface area (Å²) < 4.78 is 0. The number of nitro groups is 1. The van der Waals surface area contributed by atoms with E-state index in [0.717, 1.165) is 18.9 Å². The van der Waals surface area contributed by atoms with Gasteiger partial charge in [-0.25, -0.2) is 0 Å². The van der Waals surface area contributed by atoms with Gasteiger partial charge < -0.3 is 5.32 Å². The van der Waals surface area contributed by atoms with Crippen molar-refractivity contribution in [3.8, 4) is 6.07 Å². The molecule has 1 saturated carbocycles. The van der Waals surface area contributed by atoms with Gasteiger partial charge in [0.1, 0.15) is 5.69 Å². The van der Waals surface area contributed by atoms with E-state index in [-0.39, 0.29) is 5.69 Å². The summed E-state index contributed by atoms with van der Waals surface area (Å²) in [5.41, 5.74) is 0.784. The average molecular weight is 245 g/mol. The van der Waals surface area contributed by atoms with Crippen LogP contribution < -0.4 is 5.32 Å². The Bertz CT molecular complexity index is 489. The molecule has 94 valence electrons. The molecule has 18 heavy (non-hydrogen) atoms. The first-order valence-electron chi connectivity index (χ1n) is 6.13. The molecule has 5 nitrogen and oxygen atoms in total. The summed E-state index contributed by atoms with van der Waals surface area (Å²) >= 11 is 0. The van der Waals surface area contributed by atoms with Crippen molar-refractivity contribution in [2.75, 3.05) is 11.9 Å². The summed E-state index contributed by atoms with van der Waals surface area (Å²) in [5, 5.41) is 22.7. The second kappa shape index (κ2) is 5.50. The first-order valence-corrected chi connectivity index (χ1v) is 6.13. The van der Waals surface area contributed by atoms with E-state index in [1.54, 1.807) is 12.1 Å². The molecule has 0 spiro atoms. The van der Waals surface area contributed by atoms with Crippen LogP contribution in [0.2, 0.25) is 0 Å². The van der Waals surface area contributed by atoms with Gasteiger partial charge in [0.2, 0.25) is 0 Å². The van der Waals surface area contributed by atoms with Gasteiger partial charge in [0.05, 0.1) is 16.6 Å². The van der Waals surface area contributed by atoms with Crippen molar-refractivity contribution in [1.82, 2.24) is 0 Å². The first-order chi connectivity index (χ1) is 8.70. The highest BCUT2D eigenvalue weighted by molar-refractivity contribution is 5.63. The molecule has 1 aromatic rings. The average Bonchev–Trinajstić information content (AvgIpc) is 2.32. The Morgan fingerprint density at radius 1 is 1.50 bits per heavy atom. The number of nitrogens with zero attached hydrogens (tertiary/aromatic N) is 2. The summed E-state index contributed by atoms with van der Waals surface area (Å²) in [5.74, 6) is 0.773. The number of nitrogens with one attached hydrogen (secondary N) is 1. The molecule has 0 saturated heterocycles. The monoisotopic (exact) mass is 245 g/mol. The van der Waals surface area contributed by atoms with Crippen LogP contribution in [0.25, 0.3) is 0 Å². The lowest BCUT2D eigenvalue weighted by Gasteiger charge is -2.25. The fourth-order valence-electron chi connectivity index (χ4n) is 2.09. The number of anilines is 1. The third-order valence-electron chi connectivity index (χ3n) is 3.42. The van der Waals surface area contributed by atoms with Crippen LogP contribution >= 0.6 is 0 Å².